The van der Waals surface area contributed by atoms with E-state index in [0.717, 1.165) is 57.6 Å². The molecule has 4 aromatic heterocycles. The van der Waals surface area contributed by atoms with Crippen molar-refractivity contribution in [2.45, 2.75) is 24.8 Å². The average Bonchev–Trinajstić information content (AvgIpc) is 3.33. The maximum absolute atomic E-state index is 6.58. The first-order chi connectivity index (χ1) is 17.7. The van der Waals surface area contributed by atoms with Gasteiger partial charge in [-0.1, -0.05) is 47.1 Å². The summed E-state index contributed by atoms with van der Waals surface area (Å²) in [6, 6.07) is 23.0. The molecule has 6 aromatic rings. The van der Waals surface area contributed by atoms with Gasteiger partial charge in [0, 0.05) is 29.7 Å². The van der Waals surface area contributed by atoms with Gasteiger partial charge in [-0.05, 0) is 54.7 Å². The molecule has 2 aromatic carbocycles. The van der Waals surface area contributed by atoms with E-state index < -0.39 is 0 Å². The highest BCUT2D eigenvalue weighted by atomic mass is 15.4. The molecule has 0 atom stereocenters. The molecule has 2 N–H and O–H groups in total. The molecule has 0 saturated heterocycles. The Morgan fingerprint density at radius 2 is 1.61 bits per heavy atom. The van der Waals surface area contributed by atoms with E-state index in [0.29, 0.717) is 0 Å². The van der Waals surface area contributed by atoms with E-state index in [1.807, 2.05) is 41.3 Å². The van der Waals surface area contributed by atoms with Gasteiger partial charge in [0.25, 0.3) is 5.65 Å². The number of pyridine rings is 2. The van der Waals surface area contributed by atoms with Crippen molar-refractivity contribution in [2.24, 2.45) is 5.73 Å². The SMILES string of the molecule is NC1(c2ccc(-n3nc(-c4cncnc4)[n+]4ccc5ncc(-c6ccccc6)cc5c34)cc2)CCC1. The van der Waals surface area contributed by atoms with Crippen molar-refractivity contribution in [3.63, 3.8) is 0 Å². The molecule has 0 unspecified atom stereocenters. The monoisotopic (exact) mass is 470 g/mol. The fraction of sp³-hybridized carbons (Fsp3) is 0.138. The normalized spacial score (nSPS) is 14.7. The van der Waals surface area contributed by atoms with Crippen molar-refractivity contribution >= 4 is 16.6 Å². The van der Waals surface area contributed by atoms with Gasteiger partial charge >= 0.3 is 5.82 Å². The van der Waals surface area contributed by atoms with E-state index in [1.165, 1.54) is 18.3 Å². The molecule has 1 fully saturated rings. The molecule has 7 heteroatoms. The third kappa shape index (κ3) is 3.28. The van der Waals surface area contributed by atoms with Crippen molar-refractivity contribution in [2.75, 3.05) is 0 Å². The van der Waals surface area contributed by atoms with Crippen LogP contribution in [-0.4, -0.2) is 24.7 Å². The standard InChI is InChI=1S/C29H24N7/c30-29(12-4-13-29)23-7-9-24(10-8-23)36-28-25-15-21(20-5-2-1-3-6-20)18-33-26(25)11-14-35(28)27(34-36)22-16-31-19-32-17-22/h1-3,5-11,14-19H,4,12-13,30H2/q+1. The summed E-state index contributed by atoms with van der Waals surface area (Å²) in [5.41, 5.74) is 13.4. The molecule has 1 aliphatic carbocycles. The molecular weight excluding hydrogens is 446 g/mol. The number of hydrogen-bond acceptors (Lipinski definition) is 5. The fourth-order valence-corrected chi connectivity index (χ4v) is 5.07. The Kier molecular flexibility index (Phi) is 4.65. The third-order valence-electron chi connectivity index (χ3n) is 7.25. The Hall–Kier alpha value is -4.49. The predicted octanol–water partition coefficient (Wildman–Crippen LogP) is 4.62. The van der Waals surface area contributed by atoms with Crippen LogP contribution in [0.4, 0.5) is 0 Å². The molecule has 7 rings (SSSR count). The molecule has 0 amide bonds. The Morgan fingerprint density at radius 3 is 2.33 bits per heavy atom. The number of hydrogen-bond donors (Lipinski definition) is 1. The van der Waals surface area contributed by atoms with Crippen LogP contribution in [0.3, 0.4) is 0 Å². The summed E-state index contributed by atoms with van der Waals surface area (Å²) in [6.07, 6.45) is 12.3. The van der Waals surface area contributed by atoms with Crippen LogP contribution in [0.15, 0.2) is 97.8 Å². The van der Waals surface area contributed by atoms with Gasteiger partial charge in [-0.2, -0.15) is 4.40 Å². The first-order valence-electron chi connectivity index (χ1n) is 12.1. The molecule has 174 valence electrons. The van der Waals surface area contributed by atoms with Crippen molar-refractivity contribution in [3.8, 4) is 28.2 Å². The maximum Gasteiger partial charge on any atom is 0.317 e. The van der Waals surface area contributed by atoms with E-state index in [1.54, 1.807) is 12.4 Å². The van der Waals surface area contributed by atoms with Gasteiger partial charge < -0.3 is 5.73 Å². The van der Waals surface area contributed by atoms with Crippen LogP contribution >= 0.6 is 0 Å². The number of benzene rings is 2. The largest absolute Gasteiger partial charge is 0.321 e. The topological polar surface area (TPSA) is 86.6 Å². The molecular formula is C29H24N7+. The highest BCUT2D eigenvalue weighted by Crippen LogP contribution is 2.39. The highest BCUT2D eigenvalue weighted by Gasteiger charge is 2.34. The number of rotatable bonds is 4. The average molecular weight is 471 g/mol. The number of fused-ring (bicyclic) bond motifs is 3. The van der Waals surface area contributed by atoms with E-state index in [-0.39, 0.29) is 5.54 Å². The summed E-state index contributed by atoms with van der Waals surface area (Å²) >= 11 is 0. The third-order valence-corrected chi connectivity index (χ3v) is 7.25. The number of aromatic nitrogens is 6. The molecule has 36 heavy (non-hydrogen) atoms. The summed E-state index contributed by atoms with van der Waals surface area (Å²) in [5.74, 6) is 0.760. The predicted molar refractivity (Wildman–Crippen MR) is 138 cm³/mol. The van der Waals surface area contributed by atoms with Crippen molar-refractivity contribution in [1.82, 2.24) is 24.7 Å². The Labute approximate surface area is 207 Å². The smallest absolute Gasteiger partial charge is 0.317 e. The van der Waals surface area contributed by atoms with Gasteiger partial charge in [0.15, 0.2) is 0 Å². The van der Waals surface area contributed by atoms with Crippen LogP contribution in [0, 0.1) is 0 Å². The Morgan fingerprint density at radius 1 is 0.833 bits per heavy atom. The Bertz CT molecular complexity index is 1700. The van der Waals surface area contributed by atoms with Crippen LogP contribution < -0.4 is 10.1 Å². The zero-order chi connectivity index (χ0) is 24.1. The van der Waals surface area contributed by atoms with Crippen LogP contribution in [-0.2, 0) is 5.54 Å². The lowest BCUT2D eigenvalue weighted by atomic mass is 9.73. The lowest BCUT2D eigenvalue weighted by molar-refractivity contribution is -0.498. The van der Waals surface area contributed by atoms with Gasteiger partial charge in [0.1, 0.15) is 12.0 Å². The summed E-state index contributed by atoms with van der Waals surface area (Å²) in [4.78, 5) is 13.2. The summed E-state index contributed by atoms with van der Waals surface area (Å²) in [7, 11) is 0. The molecule has 0 aliphatic heterocycles. The van der Waals surface area contributed by atoms with Gasteiger partial charge in [0.05, 0.1) is 27.8 Å². The van der Waals surface area contributed by atoms with Crippen LogP contribution in [0.5, 0.6) is 0 Å². The molecule has 1 saturated carbocycles. The zero-order valence-corrected chi connectivity index (χ0v) is 19.6. The van der Waals surface area contributed by atoms with Gasteiger partial charge in [-0.25, -0.2) is 9.97 Å². The van der Waals surface area contributed by atoms with Gasteiger partial charge in [-0.15, -0.1) is 0 Å². The first kappa shape index (κ1) is 20.8. The summed E-state index contributed by atoms with van der Waals surface area (Å²) < 4.78 is 4.07. The molecule has 4 heterocycles. The molecule has 7 nitrogen and oxygen atoms in total. The number of nitrogens with zero attached hydrogens (tertiary/aromatic N) is 6. The van der Waals surface area contributed by atoms with E-state index in [4.69, 9.17) is 15.8 Å². The second-order valence-electron chi connectivity index (χ2n) is 9.45. The number of nitrogens with two attached hydrogens (primary N) is 1. The minimum Gasteiger partial charge on any atom is -0.321 e. The minimum absolute atomic E-state index is 0.201. The molecule has 0 bridgehead atoms. The molecule has 0 spiro atoms. The zero-order valence-electron chi connectivity index (χ0n) is 19.6. The van der Waals surface area contributed by atoms with E-state index >= 15 is 0 Å². The van der Waals surface area contributed by atoms with Crippen LogP contribution in [0.25, 0.3) is 44.8 Å². The van der Waals surface area contributed by atoms with E-state index in [9.17, 15) is 0 Å². The van der Waals surface area contributed by atoms with Crippen molar-refractivity contribution < 1.29 is 4.40 Å². The van der Waals surface area contributed by atoms with E-state index in [2.05, 4.69) is 56.8 Å². The minimum atomic E-state index is -0.201. The van der Waals surface area contributed by atoms with Gasteiger partial charge in [0.2, 0.25) is 0 Å². The quantitative estimate of drug-likeness (QED) is 0.380. The second-order valence-corrected chi connectivity index (χ2v) is 9.45. The fourth-order valence-electron chi connectivity index (χ4n) is 5.07. The maximum atomic E-state index is 6.58. The highest BCUT2D eigenvalue weighted by molar-refractivity contribution is 5.93. The van der Waals surface area contributed by atoms with Gasteiger partial charge in [-0.3, -0.25) is 4.98 Å². The lowest BCUT2D eigenvalue weighted by Crippen LogP contribution is -2.43. The van der Waals surface area contributed by atoms with Crippen molar-refractivity contribution in [1.29, 1.82) is 0 Å². The van der Waals surface area contributed by atoms with Crippen molar-refractivity contribution in [3.05, 3.63) is 103 Å². The lowest BCUT2D eigenvalue weighted by Gasteiger charge is -2.38. The molecule has 0 radical (unpaired) electrons. The first-order valence-corrected chi connectivity index (χ1v) is 12.1. The second kappa shape index (κ2) is 8.03. The van der Waals surface area contributed by atoms with Crippen LogP contribution in [0.2, 0.25) is 0 Å². The summed E-state index contributed by atoms with van der Waals surface area (Å²) in [6.45, 7) is 0. The molecule has 1 aliphatic rings. The Balaban J connectivity index is 1.48. The summed E-state index contributed by atoms with van der Waals surface area (Å²) in [5, 5.41) is 6.06. The van der Waals surface area contributed by atoms with Crippen LogP contribution in [0.1, 0.15) is 24.8 Å².